The summed E-state index contributed by atoms with van der Waals surface area (Å²) in [5, 5.41) is 8.98. The maximum atomic E-state index is 13.8. The largest absolute Gasteiger partial charge is 0.449 e. The van der Waals surface area contributed by atoms with Gasteiger partial charge in [0, 0.05) is 49.4 Å². The molecule has 38 heavy (non-hydrogen) atoms. The minimum Gasteiger partial charge on any atom is -0.449 e. The first-order chi connectivity index (χ1) is 18.2. The fourth-order valence-corrected chi connectivity index (χ4v) is 5.21. The highest BCUT2D eigenvalue weighted by molar-refractivity contribution is 6.17. The van der Waals surface area contributed by atoms with Crippen LogP contribution in [0.1, 0.15) is 55.4 Å². The SMILES string of the molecule is CCOC(=O)N(c1c(C(=O)c2cnn(C)c2)oc2nc(C)c(-c3cnn(C)c3)cc12)C1C[C@@H](C)O[C@@H](C)C1. The molecule has 1 aliphatic rings. The molecule has 200 valence electrons. The number of ketones is 1. The number of hydrogen-bond donors (Lipinski definition) is 0. The van der Waals surface area contributed by atoms with Gasteiger partial charge >= 0.3 is 6.09 Å². The number of aromatic nitrogens is 5. The van der Waals surface area contributed by atoms with Crippen LogP contribution < -0.4 is 4.90 Å². The van der Waals surface area contributed by atoms with E-state index in [0.29, 0.717) is 35.2 Å². The lowest BCUT2D eigenvalue weighted by Gasteiger charge is -2.38. The van der Waals surface area contributed by atoms with Crippen LogP contribution in [0, 0.1) is 6.92 Å². The van der Waals surface area contributed by atoms with Crippen LogP contribution in [0.5, 0.6) is 0 Å². The van der Waals surface area contributed by atoms with E-state index in [0.717, 1.165) is 11.1 Å². The number of anilines is 1. The molecule has 3 atom stereocenters. The molecule has 0 aliphatic carbocycles. The minimum absolute atomic E-state index is 0.0167. The van der Waals surface area contributed by atoms with Gasteiger partial charge in [0.25, 0.3) is 0 Å². The fourth-order valence-electron chi connectivity index (χ4n) is 5.21. The van der Waals surface area contributed by atoms with E-state index >= 15 is 0 Å². The van der Waals surface area contributed by atoms with Crippen LogP contribution in [0.25, 0.3) is 22.2 Å². The fraction of sp³-hybridized carbons (Fsp3) is 0.444. The van der Waals surface area contributed by atoms with Crippen molar-refractivity contribution in [2.45, 2.75) is 58.8 Å². The standard InChI is InChI=1S/C27H32N6O5/c1-7-36-27(35)33(20-8-15(2)37-16(3)9-20)23-22-10-21(18-11-28-31(5)13-18)17(4)30-26(22)38-25(23)24(34)19-12-29-32(6)14-19/h10-16,20H,7-9H2,1-6H3/t15-,16+,20?. The van der Waals surface area contributed by atoms with Crippen molar-refractivity contribution in [3.63, 3.8) is 0 Å². The van der Waals surface area contributed by atoms with Gasteiger partial charge in [0.15, 0.2) is 0 Å². The zero-order valence-corrected chi connectivity index (χ0v) is 22.5. The zero-order chi connectivity index (χ0) is 27.1. The van der Waals surface area contributed by atoms with Gasteiger partial charge in [-0.15, -0.1) is 0 Å². The van der Waals surface area contributed by atoms with Crippen molar-refractivity contribution in [3.8, 4) is 11.1 Å². The molecule has 5 heterocycles. The number of carbonyl (C=O) groups is 2. The Bertz CT molecular complexity index is 1490. The molecule has 5 rings (SSSR count). The van der Waals surface area contributed by atoms with Gasteiger partial charge in [0.2, 0.25) is 17.3 Å². The maximum absolute atomic E-state index is 13.8. The van der Waals surface area contributed by atoms with Crippen LogP contribution in [-0.2, 0) is 23.6 Å². The Labute approximate surface area is 220 Å². The first kappa shape index (κ1) is 25.7. The minimum atomic E-state index is -0.551. The summed E-state index contributed by atoms with van der Waals surface area (Å²) < 4.78 is 20.9. The normalized spacial score (nSPS) is 19.6. The summed E-state index contributed by atoms with van der Waals surface area (Å²) in [6.45, 7) is 7.77. The summed E-state index contributed by atoms with van der Waals surface area (Å²) in [5.41, 5.74) is 3.35. The number of nitrogens with zero attached hydrogens (tertiary/aromatic N) is 6. The molecule has 0 spiro atoms. The molecule has 0 bridgehead atoms. The number of amides is 1. The molecule has 1 amide bonds. The molecule has 1 fully saturated rings. The predicted molar refractivity (Wildman–Crippen MR) is 140 cm³/mol. The summed E-state index contributed by atoms with van der Waals surface area (Å²) in [6.07, 6.45) is 7.18. The number of aryl methyl sites for hydroxylation is 3. The molecule has 0 N–H and O–H groups in total. The zero-order valence-electron chi connectivity index (χ0n) is 22.5. The van der Waals surface area contributed by atoms with Crippen LogP contribution >= 0.6 is 0 Å². The molecule has 1 aliphatic heterocycles. The number of carbonyl (C=O) groups excluding carboxylic acids is 2. The molecule has 4 aromatic rings. The Morgan fingerprint density at radius 1 is 1.11 bits per heavy atom. The van der Waals surface area contributed by atoms with Gasteiger partial charge in [-0.05, 0) is 46.6 Å². The molecule has 4 aromatic heterocycles. The van der Waals surface area contributed by atoms with Crippen LogP contribution in [0.4, 0.5) is 10.5 Å². The van der Waals surface area contributed by atoms with Crippen LogP contribution in [-0.4, -0.2) is 61.3 Å². The van der Waals surface area contributed by atoms with Crippen molar-refractivity contribution >= 4 is 28.7 Å². The number of fused-ring (bicyclic) bond motifs is 1. The van der Waals surface area contributed by atoms with Gasteiger partial charge < -0.3 is 13.9 Å². The molecule has 11 heteroatoms. The highest BCUT2D eigenvalue weighted by Crippen LogP contribution is 2.41. The second-order valence-electron chi connectivity index (χ2n) is 9.84. The van der Waals surface area contributed by atoms with E-state index in [9.17, 15) is 9.59 Å². The van der Waals surface area contributed by atoms with Gasteiger partial charge in [0.1, 0.15) is 5.69 Å². The van der Waals surface area contributed by atoms with Crippen molar-refractivity contribution in [2.24, 2.45) is 14.1 Å². The Morgan fingerprint density at radius 3 is 2.39 bits per heavy atom. The second kappa shape index (κ2) is 10.1. The second-order valence-corrected chi connectivity index (χ2v) is 9.84. The van der Waals surface area contributed by atoms with Gasteiger partial charge in [0.05, 0.1) is 42.2 Å². The quantitative estimate of drug-likeness (QED) is 0.343. The molecule has 1 saturated heterocycles. The maximum Gasteiger partial charge on any atom is 0.414 e. The average Bonchev–Trinajstić information content (AvgIpc) is 3.57. The molecular formula is C27H32N6O5. The van der Waals surface area contributed by atoms with Crippen molar-refractivity contribution in [1.82, 2.24) is 24.5 Å². The Kier molecular flexibility index (Phi) is 6.78. The molecule has 0 saturated carbocycles. The lowest BCUT2D eigenvalue weighted by molar-refractivity contribution is -0.0374. The third kappa shape index (κ3) is 4.69. The Morgan fingerprint density at radius 2 is 1.79 bits per heavy atom. The highest BCUT2D eigenvalue weighted by Gasteiger charge is 2.39. The monoisotopic (exact) mass is 520 g/mol. The summed E-state index contributed by atoms with van der Waals surface area (Å²) in [5.74, 6) is -0.378. The highest BCUT2D eigenvalue weighted by atomic mass is 16.6. The van der Waals surface area contributed by atoms with E-state index in [1.807, 2.05) is 40.1 Å². The lowest BCUT2D eigenvalue weighted by atomic mass is 9.96. The van der Waals surface area contributed by atoms with Gasteiger partial charge in [-0.2, -0.15) is 10.2 Å². The molecule has 1 unspecified atom stereocenters. The smallest absolute Gasteiger partial charge is 0.414 e. The predicted octanol–water partition coefficient (Wildman–Crippen LogP) is 4.42. The van der Waals surface area contributed by atoms with Crippen molar-refractivity contribution < 1.29 is 23.5 Å². The van der Waals surface area contributed by atoms with Crippen molar-refractivity contribution in [3.05, 3.63) is 47.9 Å². The van der Waals surface area contributed by atoms with Crippen LogP contribution in [0.15, 0.2) is 35.3 Å². The summed E-state index contributed by atoms with van der Waals surface area (Å²) in [7, 11) is 3.58. The van der Waals surface area contributed by atoms with Gasteiger partial charge in [-0.3, -0.25) is 19.1 Å². The number of furan rings is 1. The van der Waals surface area contributed by atoms with E-state index in [2.05, 4.69) is 10.2 Å². The Balaban J connectivity index is 1.77. The van der Waals surface area contributed by atoms with Crippen LogP contribution in [0.2, 0.25) is 0 Å². The third-order valence-corrected chi connectivity index (χ3v) is 6.78. The summed E-state index contributed by atoms with van der Waals surface area (Å²) >= 11 is 0. The van der Waals surface area contributed by atoms with Crippen molar-refractivity contribution in [1.29, 1.82) is 0 Å². The van der Waals surface area contributed by atoms with E-state index in [1.165, 1.54) is 6.20 Å². The number of rotatable bonds is 6. The van der Waals surface area contributed by atoms with E-state index in [4.69, 9.17) is 18.9 Å². The summed E-state index contributed by atoms with van der Waals surface area (Å²) in [4.78, 5) is 33.7. The number of ether oxygens (including phenoxy) is 2. The topological polar surface area (TPSA) is 118 Å². The van der Waals surface area contributed by atoms with E-state index < -0.39 is 11.9 Å². The first-order valence-electron chi connectivity index (χ1n) is 12.7. The molecule has 0 aromatic carbocycles. The average molecular weight is 521 g/mol. The van der Waals surface area contributed by atoms with Crippen LogP contribution in [0.3, 0.4) is 0 Å². The summed E-state index contributed by atoms with van der Waals surface area (Å²) in [6, 6.07) is 1.63. The number of pyridine rings is 1. The van der Waals surface area contributed by atoms with E-state index in [-0.39, 0.29) is 36.3 Å². The van der Waals surface area contributed by atoms with Gasteiger partial charge in [-0.25, -0.2) is 9.78 Å². The lowest BCUT2D eigenvalue weighted by Crippen LogP contribution is -2.48. The van der Waals surface area contributed by atoms with Gasteiger partial charge in [-0.1, -0.05) is 0 Å². The molecule has 11 nitrogen and oxygen atoms in total. The Hall–Kier alpha value is -3.99. The third-order valence-electron chi connectivity index (χ3n) is 6.78. The van der Waals surface area contributed by atoms with Crippen molar-refractivity contribution in [2.75, 3.05) is 11.5 Å². The van der Waals surface area contributed by atoms with E-state index in [1.54, 1.807) is 40.6 Å². The first-order valence-corrected chi connectivity index (χ1v) is 12.7. The molecular weight excluding hydrogens is 488 g/mol. The number of hydrogen-bond acceptors (Lipinski definition) is 8. The molecule has 0 radical (unpaired) electrons.